The van der Waals surface area contributed by atoms with E-state index < -0.39 is 5.54 Å². The molecule has 6 nitrogen and oxygen atoms in total. The summed E-state index contributed by atoms with van der Waals surface area (Å²) in [4.78, 5) is 11.2. The predicted octanol–water partition coefficient (Wildman–Crippen LogP) is -0.392. The van der Waals surface area contributed by atoms with E-state index in [0.29, 0.717) is 12.2 Å². The molecule has 0 saturated carbocycles. The Hall–Kier alpha value is -1.43. The SMILES string of the molecule is CCNC(=O)Cn1cc(C(C)(C)N)nn1. The third kappa shape index (κ3) is 3.32. The highest BCUT2D eigenvalue weighted by atomic mass is 16.2. The Morgan fingerprint density at radius 1 is 1.67 bits per heavy atom. The minimum atomic E-state index is -0.528. The van der Waals surface area contributed by atoms with Gasteiger partial charge in [-0.3, -0.25) is 4.79 Å². The molecule has 0 fully saturated rings. The van der Waals surface area contributed by atoms with Crippen molar-refractivity contribution in [3.8, 4) is 0 Å². The van der Waals surface area contributed by atoms with Crippen LogP contribution in [0.2, 0.25) is 0 Å². The van der Waals surface area contributed by atoms with Gasteiger partial charge in [-0.2, -0.15) is 0 Å². The van der Waals surface area contributed by atoms with Gasteiger partial charge in [0.2, 0.25) is 5.91 Å². The number of rotatable bonds is 4. The minimum Gasteiger partial charge on any atom is -0.355 e. The van der Waals surface area contributed by atoms with Crippen LogP contribution in [0.3, 0.4) is 0 Å². The van der Waals surface area contributed by atoms with Gasteiger partial charge in [0.15, 0.2) is 0 Å². The van der Waals surface area contributed by atoms with Gasteiger partial charge in [0.05, 0.1) is 11.7 Å². The van der Waals surface area contributed by atoms with Crippen molar-refractivity contribution in [2.45, 2.75) is 32.9 Å². The molecule has 0 unspecified atom stereocenters. The Balaban J connectivity index is 2.65. The molecule has 1 aromatic heterocycles. The van der Waals surface area contributed by atoms with Gasteiger partial charge in [-0.1, -0.05) is 5.21 Å². The molecule has 0 spiro atoms. The lowest BCUT2D eigenvalue weighted by molar-refractivity contribution is -0.121. The number of hydrogen-bond donors (Lipinski definition) is 2. The maximum Gasteiger partial charge on any atom is 0.241 e. The first kappa shape index (κ1) is 11.6. The van der Waals surface area contributed by atoms with Crippen LogP contribution in [0, 0.1) is 0 Å². The lowest BCUT2D eigenvalue weighted by Gasteiger charge is -2.13. The summed E-state index contributed by atoms with van der Waals surface area (Å²) < 4.78 is 1.48. The fourth-order valence-electron chi connectivity index (χ4n) is 1.07. The van der Waals surface area contributed by atoms with Crippen LogP contribution in [0.5, 0.6) is 0 Å². The summed E-state index contributed by atoms with van der Waals surface area (Å²) in [5, 5.41) is 10.4. The summed E-state index contributed by atoms with van der Waals surface area (Å²) in [5.74, 6) is -0.0798. The topological polar surface area (TPSA) is 85.8 Å². The lowest BCUT2D eigenvalue weighted by Crippen LogP contribution is -2.29. The largest absolute Gasteiger partial charge is 0.355 e. The Morgan fingerprint density at radius 3 is 2.80 bits per heavy atom. The van der Waals surface area contributed by atoms with Crippen LogP contribution in [0.25, 0.3) is 0 Å². The number of nitrogens with one attached hydrogen (secondary N) is 1. The number of amides is 1. The maximum atomic E-state index is 11.2. The predicted molar refractivity (Wildman–Crippen MR) is 55.9 cm³/mol. The molecule has 0 bridgehead atoms. The molecule has 1 aromatic rings. The number of carbonyl (C=O) groups is 1. The van der Waals surface area contributed by atoms with Gasteiger partial charge in [0.25, 0.3) is 0 Å². The number of nitrogens with two attached hydrogens (primary N) is 1. The number of hydrogen-bond acceptors (Lipinski definition) is 4. The molecular formula is C9H17N5O. The van der Waals surface area contributed by atoms with E-state index in [1.165, 1.54) is 4.68 Å². The molecule has 0 atom stereocenters. The van der Waals surface area contributed by atoms with Crippen molar-refractivity contribution in [3.05, 3.63) is 11.9 Å². The van der Waals surface area contributed by atoms with Crippen LogP contribution >= 0.6 is 0 Å². The van der Waals surface area contributed by atoms with Crippen molar-refractivity contribution >= 4 is 5.91 Å². The van der Waals surface area contributed by atoms with Gasteiger partial charge in [0, 0.05) is 6.54 Å². The normalized spacial score (nSPS) is 11.5. The Kier molecular flexibility index (Phi) is 3.41. The Morgan fingerprint density at radius 2 is 2.33 bits per heavy atom. The molecule has 0 saturated heterocycles. The van der Waals surface area contributed by atoms with Crippen LogP contribution in [0.4, 0.5) is 0 Å². The number of aromatic nitrogens is 3. The van der Waals surface area contributed by atoms with Crippen LogP contribution in [0.1, 0.15) is 26.5 Å². The number of nitrogens with zero attached hydrogens (tertiary/aromatic N) is 3. The first-order valence-corrected chi connectivity index (χ1v) is 4.89. The average molecular weight is 211 g/mol. The highest BCUT2D eigenvalue weighted by Gasteiger charge is 2.18. The van der Waals surface area contributed by atoms with Gasteiger partial charge >= 0.3 is 0 Å². The van der Waals surface area contributed by atoms with Gasteiger partial charge in [-0.25, -0.2) is 4.68 Å². The molecule has 15 heavy (non-hydrogen) atoms. The first-order chi connectivity index (χ1) is 6.93. The second-order valence-corrected chi connectivity index (χ2v) is 3.98. The Labute approximate surface area is 88.8 Å². The van der Waals surface area contributed by atoms with E-state index in [0.717, 1.165) is 0 Å². The molecular weight excluding hydrogens is 194 g/mol. The van der Waals surface area contributed by atoms with Crippen LogP contribution in [0.15, 0.2) is 6.20 Å². The molecule has 0 aromatic carbocycles. The van der Waals surface area contributed by atoms with Crippen molar-refractivity contribution in [2.24, 2.45) is 5.73 Å². The highest BCUT2D eigenvalue weighted by Crippen LogP contribution is 2.12. The standard InChI is InChI=1S/C9H17N5O/c1-4-11-8(15)6-14-5-7(12-13-14)9(2,3)10/h5H,4,6,10H2,1-3H3,(H,11,15). The second kappa shape index (κ2) is 4.39. The zero-order valence-electron chi connectivity index (χ0n) is 9.32. The number of carbonyl (C=O) groups excluding carboxylic acids is 1. The van der Waals surface area contributed by atoms with Gasteiger partial charge < -0.3 is 11.1 Å². The summed E-state index contributed by atoms with van der Waals surface area (Å²) in [6.07, 6.45) is 1.69. The summed E-state index contributed by atoms with van der Waals surface area (Å²) in [6.45, 7) is 6.34. The van der Waals surface area contributed by atoms with E-state index in [2.05, 4.69) is 15.6 Å². The van der Waals surface area contributed by atoms with Crippen LogP contribution in [-0.2, 0) is 16.9 Å². The van der Waals surface area contributed by atoms with Gasteiger partial charge in [0.1, 0.15) is 12.2 Å². The summed E-state index contributed by atoms with van der Waals surface area (Å²) in [7, 11) is 0. The van der Waals surface area contributed by atoms with E-state index in [1.54, 1.807) is 6.20 Å². The lowest BCUT2D eigenvalue weighted by atomic mass is 10.0. The smallest absolute Gasteiger partial charge is 0.241 e. The quantitative estimate of drug-likeness (QED) is 0.710. The number of likely N-dealkylation sites (N-methyl/N-ethyl adjacent to an activating group) is 1. The highest BCUT2D eigenvalue weighted by molar-refractivity contribution is 5.75. The molecule has 1 amide bonds. The fraction of sp³-hybridized carbons (Fsp3) is 0.667. The van der Waals surface area contributed by atoms with Crippen LogP contribution in [-0.4, -0.2) is 27.4 Å². The second-order valence-electron chi connectivity index (χ2n) is 3.98. The molecule has 0 aliphatic carbocycles. The average Bonchev–Trinajstić information content (AvgIpc) is 2.52. The van der Waals surface area contributed by atoms with Gasteiger partial charge in [-0.15, -0.1) is 5.10 Å². The van der Waals surface area contributed by atoms with Gasteiger partial charge in [-0.05, 0) is 20.8 Å². The molecule has 1 rings (SSSR count). The first-order valence-electron chi connectivity index (χ1n) is 4.89. The Bertz CT molecular complexity index is 339. The third-order valence-corrected chi connectivity index (χ3v) is 1.88. The minimum absolute atomic E-state index is 0.0798. The molecule has 1 heterocycles. The molecule has 6 heteroatoms. The molecule has 84 valence electrons. The zero-order chi connectivity index (χ0) is 11.5. The molecule has 0 aliphatic heterocycles. The monoisotopic (exact) mass is 211 g/mol. The molecule has 3 N–H and O–H groups in total. The summed E-state index contributed by atoms with van der Waals surface area (Å²) in [6, 6.07) is 0. The van der Waals surface area contributed by atoms with E-state index in [1.807, 2.05) is 20.8 Å². The van der Waals surface area contributed by atoms with E-state index >= 15 is 0 Å². The fourth-order valence-corrected chi connectivity index (χ4v) is 1.07. The summed E-state index contributed by atoms with van der Waals surface area (Å²) >= 11 is 0. The van der Waals surface area contributed by atoms with E-state index in [9.17, 15) is 4.79 Å². The van der Waals surface area contributed by atoms with Crippen molar-refractivity contribution in [1.29, 1.82) is 0 Å². The van der Waals surface area contributed by atoms with Crippen molar-refractivity contribution < 1.29 is 4.79 Å². The van der Waals surface area contributed by atoms with Crippen molar-refractivity contribution in [1.82, 2.24) is 20.3 Å². The van der Waals surface area contributed by atoms with E-state index in [-0.39, 0.29) is 12.5 Å². The summed E-state index contributed by atoms with van der Waals surface area (Å²) in [5.41, 5.74) is 5.99. The van der Waals surface area contributed by atoms with Crippen molar-refractivity contribution in [2.75, 3.05) is 6.54 Å². The third-order valence-electron chi connectivity index (χ3n) is 1.88. The van der Waals surface area contributed by atoms with Crippen LogP contribution < -0.4 is 11.1 Å². The molecule has 0 radical (unpaired) electrons. The maximum absolute atomic E-state index is 11.2. The van der Waals surface area contributed by atoms with E-state index in [4.69, 9.17) is 5.73 Å². The molecule has 0 aliphatic rings. The zero-order valence-corrected chi connectivity index (χ0v) is 9.32. The van der Waals surface area contributed by atoms with Crippen molar-refractivity contribution in [3.63, 3.8) is 0 Å².